The van der Waals surface area contributed by atoms with Crippen molar-refractivity contribution in [3.05, 3.63) is 92.9 Å². The number of aryl methyl sites for hydroxylation is 1. The molecule has 3 aromatic rings. The van der Waals surface area contributed by atoms with Crippen molar-refractivity contribution < 1.29 is 19.1 Å². The first kappa shape index (κ1) is 22.5. The number of halogens is 2. The zero-order valence-electron chi connectivity index (χ0n) is 16.5. The third kappa shape index (κ3) is 6.94. The van der Waals surface area contributed by atoms with Crippen molar-refractivity contribution in [3.8, 4) is 11.5 Å². The molecule has 3 aromatic carbocycles. The molecule has 1 amide bonds. The van der Waals surface area contributed by atoms with Crippen LogP contribution >= 0.6 is 27.5 Å². The lowest BCUT2D eigenvalue weighted by molar-refractivity contribution is -0.123. The van der Waals surface area contributed by atoms with Crippen molar-refractivity contribution in [2.24, 2.45) is 5.10 Å². The first-order valence-corrected chi connectivity index (χ1v) is 10.4. The van der Waals surface area contributed by atoms with Crippen molar-refractivity contribution in [1.29, 1.82) is 0 Å². The average molecular weight is 502 g/mol. The Labute approximate surface area is 193 Å². The molecule has 31 heavy (non-hydrogen) atoms. The second kappa shape index (κ2) is 10.7. The maximum Gasteiger partial charge on any atom is 0.343 e. The van der Waals surface area contributed by atoms with Crippen LogP contribution in [0.4, 0.5) is 0 Å². The second-order valence-electron chi connectivity index (χ2n) is 6.47. The minimum Gasteiger partial charge on any atom is -0.484 e. The van der Waals surface area contributed by atoms with E-state index in [-0.39, 0.29) is 6.61 Å². The van der Waals surface area contributed by atoms with Crippen LogP contribution in [0.3, 0.4) is 0 Å². The number of nitrogens with one attached hydrogen (secondary N) is 1. The van der Waals surface area contributed by atoms with E-state index in [4.69, 9.17) is 21.1 Å². The standard InChI is InChI=1S/C23H18BrClN2O4/c1-15-10-19(8-9-21(15)25)30-14-22(28)27-26-13-16-4-2-7-20(11-16)31-23(29)17-5-3-6-18(24)12-17/h2-13H,14H2,1H3,(H,27,28)/b26-13+. The van der Waals surface area contributed by atoms with Crippen LogP contribution in [0.1, 0.15) is 21.5 Å². The van der Waals surface area contributed by atoms with Crippen molar-refractivity contribution >= 4 is 45.6 Å². The minimum absolute atomic E-state index is 0.192. The summed E-state index contributed by atoms with van der Waals surface area (Å²) in [6.07, 6.45) is 1.45. The summed E-state index contributed by atoms with van der Waals surface area (Å²) in [4.78, 5) is 24.2. The fourth-order valence-electron chi connectivity index (χ4n) is 2.51. The molecule has 0 spiro atoms. The number of hydrazone groups is 1. The monoisotopic (exact) mass is 500 g/mol. The maximum atomic E-state index is 12.3. The number of carbonyl (C=O) groups is 2. The van der Waals surface area contributed by atoms with Gasteiger partial charge >= 0.3 is 5.97 Å². The Morgan fingerprint density at radius 1 is 1.06 bits per heavy atom. The zero-order valence-corrected chi connectivity index (χ0v) is 18.8. The number of hydrogen-bond donors (Lipinski definition) is 1. The quantitative estimate of drug-likeness (QED) is 0.210. The van der Waals surface area contributed by atoms with Gasteiger partial charge in [0.1, 0.15) is 11.5 Å². The molecule has 0 atom stereocenters. The molecule has 0 aliphatic carbocycles. The third-order valence-electron chi connectivity index (χ3n) is 4.03. The van der Waals surface area contributed by atoms with Gasteiger partial charge in [-0.05, 0) is 66.6 Å². The molecule has 0 aliphatic rings. The Bertz CT molecular complexity index is 1130. The fourth-order valence-corrected chi connectivity index (χ4v) is 3.02. The maximum absolute atomic E-state index is 12.3. The van der Waals surface area contributed by atoms with Crippen LogP contribution in [0.25, 0.3) is 0 Å². The SMILES string of the molecule is Cc1cc(OCC(=O)N/N=C/c2cccc(OC(=O)c3cccc(Br)c3)c2)ccc1Cl. The molecule has 0 bridgehead atoms. The normalized spacial score (nSPS) is 10.7. The molecule has 0 aromatic heterocycles. The van der Waals surface area contributed by atoms with E-state index in [1.165, 1.54) is 6.21 Å². The molecule has 1 N–H and O–H groups in total. The van der Waals surface area contributed by atoms with Crippen LogP contribution < -0.4 is 14.9 Å². The predicted molar refractivity (Wildman–Crippen MR) is 123 cm³/mol. The zero-order chi connectivity index (χ0) is 22.2. The van der Waals surface area contributed by atoms with Gasteiger partial charge in [-0.25, -0.2) is 10.2 Å². The van der Waals surface area contributed by atoms with Crippen LogP contribution in [0.15, 0.2) is 76.3 Å². The van der Waals surface area contributed by atoms with Gasteiger partial charge in [0.2, 0.25) is 0 Å². The molecule has 3 rings (SSSR count). The molecule has 0 saturated carbocycles. The van der Waals surface area contributed by atoms with Gasteiger partial charge in [-0.15, -0.1) is 0 Å². The summed E-state index contributed by atoms with van der Waals surface area (Å²) in [6, 6.07) is 18.8. The molecule has 158 valence electrons. The van der Waals surface area contributed by atoms with Crippen LogP contribution in [-0.4, -0.2) is 24.7 Å². The topological polar surface area (TPSA) is 77.0 Å². The van der Waals surface area contributed by atoms with Gasteiger partial charge in [-0.2, -0.15) is 5.10 Å². The summed E-state index contributed by atoms with van der Waals surface area (Å²) >= 11 is 9.29. The lowest BCUT2D eigenvalue weighted by Gasteiger charge is -2.07. The average Bonchev–Trinajstić information content (AvgIpc) is 2.75. The molecule has 0 fully saturated rings. The number of esters is 1. The Kier molecular flexibility index (Phi) is 7.81. The third-order valence-corrected chi connectivity index (χ3v) is 4.95. The van der Waals surface area contributed by atoms with Crippen molar-refractivity contribution in [1.82, 2.24) is 5.43 Å². The number of hydrogen-bond acceptors (Lipinski definition) is 5. The first-order valence-electron chi connectivity index (χ1n) is 9.19. The van der Waals surface area contributed by atoms with E-state index < -0.39 is 11.9 Å². The minimum atomic E-state index is -0.474. The number of carbonyl (C=O) groups excluding carboxylic acids is 2. The molecule has 0 radical (unpaired) electrons. The van der Waals surface area contributed by atoms with Crippen molar-refractivity contribution in [2.45, 2.75) is 6.92 Å². The lowest BCUT2D eigenvalue weighted by Crippen LogP contribution is -2.24. The number of amides is 1. The van der Waals surface area contributed by atoms with Crippen molar-refractivity contribution in [3.63, 3.8) is 0 Å². The predicted octanol–water partition coefficient (Wildman–Crippen LogP) is 5.16. The van der Waals surface area contributed by atoms with E-state index in [0.717, 1.165) is 10.0 Å². The summed E-state index contributed by atoms with van der Waals surface area (Å²) in [5.74, 6) is 0.0158. The van der Waals surface area contributed by atoms with Gasteiger partial charge in [0.05, 0.1) is 11.8 Å². The first-order chi connectivity index (χ1) is 14.9. The van der Waals surface area contributed by atoms with Crippen LogP contribution in [0.2, 0.25) is 5.02 Å². The summed E-state index contributed by atoms with van der Waals surface area (Å²) in [5.41, 5.74) is 4.32. The lowest BCUT2D eigenvalue weighted by atomic mass is 10.2. The number of benzene rings is 3. The fraction of sp³-hybridized carbons (Fsp3) is 0.0870. The van der Waals surface area contributed by atoms with E-state index in [1.807, 2.05) is 13.0 Å². The smallest absolute Gasteiger partial charge is 0.343 e. The van der Waals surface area contributed by atoms with E-state index in [2.05, 4.69) is 26.5 Å². The molecule has 0 aliphatic heterocycles. The molecule has 6 nitrogen and oxygen atoms in total. The Morgan fingerprint density at radius 2 is 1.87 bits per heavy atom. The highest BCUT2D eigenvalue weighted by molar-refractivity contribution is 9.10. The highest BCUT2D eigenvalue weighted by Gasteiger charge is 2.09. The Morgan fingerprint density at radius 3 is 2.65 bits per heavy atom. The van der Waals surface area contributed by atoms with Gasteiger partial charge in [0.25, 0.3) is 5.91 Å². The highest BCUT2D eigenvalue weighted by Crippen LogP contribution is 2.21. The van der Waals surface area contributed by atoms with Gasteiger partial charge in [0, 0.05) is 9.50 Å². The summed E-state index contributed by atoms with van der Waals surface area (Å²) < 4.78 is 11.6. The van der Waals surface area contributed by atoms with E-state index in [0.29, 0.717) is 27.6 Å². The van der Waals surface area contributed by atoms with Crippen LogP contribution in [-0.2, 0) is 4.79 Å². The summed E-state index contributed by atoms with van der Waals surface area (Å²) in [7, 11) is 0. The molecular weight excluding hydrogens is 484 g/mol. The molecule has 0 heterocycles. The van der Waals surface area contributed by atoms with Crippen LogP contribution in [0, 0.1) is 6.92 Å². The molecule has 0 unspecified atom stereocenters. The van der Waals surface area contributed by atoms with E-state index in [1.54, 1.807) is 60.7 Å². The molecule has 8 heteroatoms. The summed E-state index contributed by atoms with van der Waals surface area (Å²) in [5, 5.41) is 4.53. The summed E-state index contributed by atoms with van der Waals surface area (Å²) in [6.45, 7) is 1.66. The number of rotatable bonds is 7. The molecule has 0 saturated heterocycles. The molecular formula is C23H18BrClN2O4. The largest absolute Gasteiger partial charge is 0.484 e. The van der Waals surface area contributed by atoms with Gasteiger partial charge < -0.3 is 9.47 Å². The van der Waals surface area contributed by atoms with E-state index >= 15 is 0 Å². The van der Waals surface area contributed by atoms with Gasteiger partial charge in [-0.1, -0.05) is 45.7 Å². The van der Waals surface area contributed by atoms with Gasteiger partial charge in [0.15, 0.2) is 6.61 Å². The Hall–Kier alpha value is -3.16. The number of nitrogens with zero attached hydrogens (tertiary/aromatic N) is 1. The van der Waals surface area contributed by atoms with Gasteiger partial charge in [-0.3, -0.25) is 4.79 Å². The Balaban J connectivity index is 1.52. The second-order valence-corrected chi connectivity index (χ2v) is 7.79. The highest BCUT2D eigenvalue weighted by atomic mass is 79.9. The number of ether oxygens (including phenoxy) is 2. The van der Waals surface area contributed by atoms with Crippen molar-refractivity contribution in [2.75, 3.05) is 6.61 Å². The van der Waals surface area contributed by atoms with E-state index in [9.17, 15) is 9.59 Å². The van der Waals surface area contributed by atoms with Crippen LogP contribution in [0.5, 0.6) is 11.5 Å².